The van der Waals surface area contributed by atoms with Gasteiger partial charge in [0.25, 0.3) is 0 Å². The lowest BCUT2D eigenvalue weighted by Crippen LogP contribution is -2.28. The number of methoxy groups -OCH3 is 1. The Balaban J connectivity index is 2.46. The van der Waals surface area contributed by atoms with E-state index in [1.54, 1.807) is 0 Å². The van der Waals surface area contributed by atoms with Crippen LogP contribution in [0.15, 0.2) is 18.2 Å². The van der Waals surface area contributed by atoms with Crippen molar-refractivity contribution in [1.29, 1.82) is 0 Å². The van der Waals surface area contributed by atoms with Gasteiger partial charge < -0.3 is 4.74 Å². The molecular formula is C11H10F3NO3. The summed E-state index contributed by atoms with van der Waals surface area (Å²) >= 11 is 0. The second kappa shape index (κ2) is 3.86. The Labute approximate surface area is 101 Å². The van der Waals surface area contributed by atoms with E-state index in [1.807, 2.05) is 0 Å². The highest BCUT2D eigenvalue weighted by atomic mass is 19.4. The average molecular weight is 261 g/mol. The largest absolute Gasteiger partial charge is 0.490 e. The Morgan fingerprint density at radius 2 is 2.00 bits per heavy atom. The van der Waals surface area contributed by atoms with Crippen molar-refractivity contribution in [1.82, 2.24) is 0 Å². The van der Waals surface area contributed by atoms with Crippen molar-refractivity contribution in [3.05, 3.63) is 33.9 Å². The molecule has 0 radical (unpaired) electrons. The lowest BCUT2D eigenvalue weighted by Gasteiger charge is -2.19. The van der Waals surface area contributed by atoms with Gasteiger partial charge in [0.2, 0.25) is 0 Å². The summed E-state index contributed by atoms with van der Waals surface area (Å²) in [6.07, 6.45) is -4.32. The van der Waals surface area contributed by atoms with E-state index in [4.69, 9.17) is 4.74 Å². The van der Waals surface area contributed by atoms with Crippen LogP contribution < -0.4 is 4.74 Å². The van der Waals surface area contributed by atoms with Gasteiger partial charge in [-0.15, -0.1) is 0 Å². The van der Waals surface area contributed by atoms with Crippen molar-refractivity contribution >= 4 is 5.69 Å². The Morgan fingerprint density at radius 3 is 2.39 bits per heavy atom. The molecule has 7 heteroatoms. The molecule has 0 unspecified atom stereocenters. The SMILES string of the molecule is COc1cc(C2(C(F)(F)F)CC2)ccc1[N+](=O)[O-]. The first kappa shape index (κ1) is 12.7. The highest BCUT2D eigenvalue weighted by Crippen LogP contribution is 2.59. The Hall–Kier alpha value is -1.79. The van der Waals surface area contributed by atoms with Crippen LogP contribution in [0.3, 0.4) is 0 Å². The van der Waals surface area contributed by atoms with Crippen LogP contribution in [-0.4, -0.2) is 18.2 Å². The molecule has 0 atom stereocenters. The van der Waals surface area contributed by atoms with Crippen LogP contribution in [0.1, 0.15) is 18.4 Å². The second-order valence-electron chi connectivity index (χ2n) is 4.22. The molecule has 0 heterocycles. The van der Waals surface area contributed by atoms with Gasteiger partial charge in [0, 0.05) is 6.07 Å². The number of nitro groups is 1. The number of rotatable bonds is 3. The third-order valence-electron chi connectivity index (χ3n) is 3.22. The third kappa shape index (κ3) is 1.79. The van der Waals surface area contributed by atoms with Gasteiger partial charge in [-0.3, -0.25) is 10.1 Å². The molecule has 18 heavy (non-hydrogen) atoms. The number of nitrogens with zero attached hydrogens (tertiary/aromatic N) is 1. The predicted octanol–water partition coefficient (Wildman–Crippen LogP) is 3.20. The lowest BCUT2D eigenvalue weighted by atomic mass is 9.95. The summed E-state index contributed by atoms with van der Waals surface area (Å²) < 4.78 is 43.5. The molecule has 1 saturated carbocycles. The zero-order valence-electron chi connectivity index (χ0n) is 9.45. The molecule has 0 N–H and O–H groups in total. The normalized spacial score (nSPS) is 17.3. The summed E-state index contributed by atoms with van der Waals surface area (Å²) in [5.41, 5.74) is -2.16. The molecule has 0 spiro atoms. The smallest absolute Gasteiger partial charge is 0.398 e. The lowest BCUT2D eigenvalue weighted by molar-refractivity contribution is -0.385. The van der Waals surface area contributed by atoms with Gasteiger partial charge in [-0.05, 0) is 24.5 Å². The molecule has 0 amide bonds. The molecule has 0 aliphatic heterocycles. The van der Waals surface area contributed by atoms with Crippen molar-refractivity contribution in [3.63, 3.8) is 0 Å². The van der Waals surface area contributed by atoms with Crippen LogP contribution >= 0.6 is 0 Å². The molecule has 0 saturated heterocycles. The van der Waals surface area contributed by atoms with Crippen molar-refractivity contribution in [3.8, 4) is 5.75 Å². The van der Waals surface area contributed by atoms with Crippen LogP contribution in [0.25, 0.3) is 0 Å². The summed E-state index contributed by atoms with van der Waals surface area (Å²) in [5, 5.41) is 10.7. The van der Waals surface area contributed by atoms with E-state index in [-0.39, 0.29) is 29.8 Å². The molecule has 1 aliphatic carbocycles. The topological polar surface area (TPSA) is 52.4 Å². The molecular weight excluding hydrogens is 251 g/mol. The van der Waals surface area contributed by atoms with Crippen LogP contribution in [0.4, 0.5) is 18.9 Å². The van der Waals surface area contributed by atoms with Crippen LogP contribution in [0.2, 0.25) is 0 Å². The first-order chi connectivity index (χ1) is 8.32. The molecule has 2 rings (SSSR count). The number of benzene rings is 1. The Morgan fingerprint density at radius 1 is 1.39 bits per heavy atom. The minimum absolute atomic E-state index is 0.0114. The molecule has 0 aromatic heterocycles. The maximum absolute atomic E-state index is 12.9. The van der Waals surface area contributed by atoms with Crippen molar-refractivity contribution in [2.45, 2.75) is 24.4 Å². The van der Waals surface area contributed by atoms with E-state index in [0.29, 0.717) is 0 Å². The van der Waals surface area contributed by atoms with Gasteiger partial charge in [-0.25, -0.2) is 0 Å². The molecule has 1 aromatic carbocycles. The summed E-state index contributed by atoms with van der Waals surface area (Å²) in [6.45, 7) is 0. The standard InChI is InChI=1S/C11H10F3NO3/c1-18-9-6-7(2-3-8(9)15(16)17)10(4-5-10)11(12,13)14/h2-3,6H,4-5H2,1H3. The quantitative estimate of drug-likeness (QED) is 0.620. The fraction of sp³-hybridized carbons (Fsp3) is 0.455. The van der Waals surface area contributed by atoms with E-state index in [9.17, 15) is 23.3 Å². The number of hydrogen-bond donors (Lipinski definition) is 0. The van der Waals surface area contributed by atoms with Crippen LogP contribution in [-0.2, 0) is 5.41 Å². The molecule has 1 aliphatic rings. The molecule has 1 fully saturated rings. The monoisotopic (exact) mass is 261 g/mol. The van der Waals surface area contributed by atoms with Crippen molar-refractivity contribution < 1.29 is 22.8 Å². The molecule has 4 nitrogen and oxygen atoms in total. The van der Waals surface area contributed by atoms with Crippen LogP contribution in [0, 0.1) is 10.1 Å². The fourth-order valence-corrected chi connectivity index (χ4v) is 1.99. The second-order valence-corrected chi connectivity index (χ2v) is 4.22. The minimum atomic E-state index is -4.34. The number of nitro benzene ring substituents is 1. The zero-order chi connectivity index (χ0) is 13.6. The maximum atomic E-state index is 12.9. The van der Waals surface area contributed by atoms with Gasteiger partial charge in [0.1, 0.15) is 0 Å². The predicted molar refractivity (Wildman–Crippen MR) is 56.6 cm³/mol. The Bertz CT molecular complexity index is 495. The van der Waals surface area contributed by atoms with E-state index in [0.717, 1.165) is 18.2 Å². The van der Waals surface area contributed by atoms with Gasteiger partial charge in [-0.2, -0.15) is 13.2 Å². The minimum Gasteiger partial charge on any atom is -0.490 e. The van der Waals surface area contributed by atoms with E-state index < -0.39 is 16.5 Å². The highest BCUT2D eigenvalue weighted by molar-refractivity contribution is 5.51. The highest BCUT2D eigenvalue weighted by Gasteiger charge is 2.64. The Kier molecular flexibility index (Phi) is 2.71. The number of halogens is 3. The third-order valence-corrected chi connectivity index (χ3v) is 3.22. The molecule has 0 bridgehead atoms. The number of hydrogen-bond acceptors (Lipinski definition) is 3. The van der Waals surface area contributed by atoms with Crippen molar-refractivity contribution in [2.24, 2.45) is 0 Å². The summed E-state index contributed by atoms with van der Waals surface area (Å²) in [7, 11) is 1.19. The van der Waals surface area contributed by atoms with Gasteiger partial charge >= 0.3 is 11.9 Å². The van der Waals surface area contributed by atoms with Crippen LogP contribution in [0.5, 0.6) is 5.75 Å². The van der Waals surface area contributed by atoms with Gasteiger partial charge in [0.05, 0.1) is 17.4 Å². The first-order valence-corrected chi connectivity index (χ1v) is 5.21. The first-order valence-electron chi connectivity index (χ1n) is 5.21. The zero-order valence-corrected chi connectivity index (χ0v) is 9.45. The summed E-state index contributed by atoms with van der Waals surface area (Å²) in [5.74, 6) is -0.145. The van der Waals surface area contributed by atoms with Gasteiger partial charge in [-0.1, -0.05) is 6.07 Å². The number of alkyl halides is 3. The maximum Gasteiger partial charge on any atom is 0.398 e. The number of ether oxygens (including phenoxy) is 1. The summed E-state index contributed by atoms with van der Waals surface area (Å²) in [4.78, 5) is 9.97. The average Bonchev–Trinajstić information content (AvgIpc) is 3.08. The fourth-order valence-electron chi connectivity index (χ4n) is 1.99. The van der Waals surface area contributed by atoms with Gasteiger partial charge in [0.15, 0.2) is 5.75 Å². The van der Waals surface area contributed by atoms with E-state index >= 15 is 0 Å². The molecule has 1 aromatic rings. The molecule has 98 valence electrons. The van der Waals surface area contributed by atoms with E-state index in [1.165, 1.54) is 7.11 Å². The summed E-state index contributed by atoms with van der Waals surface area (Å²) in [6, 6.07) is 3.32. The van der Waals surface area contributed by atoms with Crippen molar-refractivity contribution in [2.75, 3.05) is 7.11 Å². The van der Waals surface area contributed by atoms with E-state index in [2.05, 4.69) is 0 Å².